The lowest BCUT2D eigenvalue weighted by Crippen LogP contribution is -2.15. The fourth-order valence-electron chi connectivity index (χ4n) is 3.01. The molecule has 5 heteroatoms. The molecule has 4 nitrogen and oxygen atoms in total. The molecule has 0 unspecified atom stereocenters. The van der Waals surface area contributed by atoms with E-state index in [1.54, 1.807) is 36.4 Å². The summed E-state index contributed by atoms with van der Waals surface area (Å²) in [5, 5.41) is 3.76. The zero-order chi connectivity index (χ0) is 19.5. The standard InChI is InChI=1S/C23H16FNO3/c24-17-12-10-16(11-13-17)22(27)23-21(18-8-4-5-9-20(18)28-23)25-14-19(26)15-6-2-1-3-7-15/h1-13,25H,14H2. The van der Waals surface area contributed by atoms with Crippen molar-refractivity contribution in [2.75, 3.05) is 11.9 Å². The first-order valence-electron chi connectivity index (χ1n) is 8.77. The highest BCUT2D eigenvalue weighted by molar-refractivity contribution is 6.15. The third kappa shape index (κ3) is 3.42. The van der Waals surface area contributed by atoms with Crippen LogP contribution >= 0.6 is 0 Å². The molecule has 0 aliphatic carbocycles. The van der Waals surface area contributed by atoms with Crippen LogP contribution in [-0.4, -0.2) is 18.1 Å². The van der Waals surface area contributed by atoms with Crippen molar-refractivity contribution in [1.29, 1.82) is 0 Å². The smallest absolute Gasteiger partial charge is 0.230 e. The van der Waals surface area contributed by atoms with Gasteiger partial charge in [0.25, 0.3) is 0 Å². The van der Waals surface area contributed by atoms with Gasteiger partial charge in [-0.15, -0.1) is 0 Å². The fraction of sp³-hybridized carbons (Fsp3) is 0.0435. The summed E-state index contributed by atoms with van der Waals surface area (Å²) in [4.78, 5) is 25.4. The molecule has 0 amide bonds. The topological polar surface area (TPSA) is 59.3 Å². The maximum Gasteiger partial charge on any atom is 0.230 e. The van der Waals surface area contributed by atoms with E-state index in [4.69, 9.17) is 4.42 Å². The van der Waals surface area contributed by atoms with Gasteiger partial charge in [-0.2, -0.15) is 0 Å². The van der Waals surface area contributed by atoms with E-state index in [0.29, 0.717) is 27.8 Å². The molecule has 4 aromatic rings. The van der Waals surface area contributed by atoms with Gasteiger partial charge in [0.05, 0.1) is 12.2 Å². The van der Waals surface area contributed by atoms with Crippen molar-refractivity contribution in [3.8, 4) is 0 Å². The number of para-hydroxylation sites is 1. The Bertz CT molecular complexity index is 1150. The molecule has 1 heterocycles. The van der Waals surface area contributed by atoms with Crippen molar-refractivity contribution >= 4 is 28.2 Å². The van der Waals surface area contributed by atoms with Crippen LogP contribution in [0.2, 0.25) is 0 Å². The van der Waals surface area contributed by atoms with E-state index < -0.39 is 5.82 Å². The van der Waals surface area contributed by atoms with Gasteiger partial charge in [-0.25, -0.2) is 4.39 Å². The van der Waals surface area contributed by atoms with Crippen LogP contribution in [-0.2, 0) is 0 Å². The largest absolute Gasteiger partial charge is 0.450 e. The number of furan rings is 1. The Balaban J connectivity index is 1.68. The number of hydrogen-bond acceptors (Lipinski definition) is 4. The van der Waals surface area contributed by atoms with Gasteiger partial charge >= 0.3 is 0 Å². The van der Waals surface area contributed by atoms with Crippen LogP contribution < -0.4 is 5.32 Å². The van der Waals surface area contributed by atoms with E-state index in [9.17, 15) is 14.0 Å². The predicted molar refractivity (Wildman–Crippen MR) is 105 cm³/mol. The summed E-state index contributed by atoms with van der Waals surface area (Å²) < 4.78 is 19.0. The highest BCUT2D eigenvalue weighted by Gasteiger charge is 2.22. The SMILES string of the molecule is O=C(CNc1c(C(=O)c2ccc(F)cc2)oc2ccccc12)c1ccccc1. The monoisotopic (exact) mass is 373 g/mol. The van der Waals surface area contributed by atoms with E-state index in [1.165, 1.54) is 24.3 Å². The number of benzene rings is 3. The minimum atomic E-state index is -0.423. The number of fused-ring (bicyclic) bond motifs is 1. The van der Waals surface area contributed by atoms with Gasteiger partial charge in [-0.1, -0.05) is 42.5 Å². The molecule has 0 aliphatic heterocycles. The number of hydrogen-bond donors (Lipinski definition) is 1. The number of ketones is 2. The Hall–Kier alpha value is -3.73. The number of halogens is 1. The maximum atomic E-state index is 13.2. The molecular formula is C23H16FNO3. The zero-order valence-corrected chi connectivity index (χ0v) is 14.8. The highest BCUT2D eigenvalue weighted by Crippen LogP contribution is 2.32. The summed E-state index contributed by atoms with van der Waals surface area (Å²) in [7, 11) is 0. The number of nitrogens with one attached hydrogen (secondary N) is 1. The van der Waals surface area contributed by atoms with Crippen molar-refractivity contribution < 1.29 is 18.4 Å². The average molecular weight is 373 g/mol. The summed E-state index contributed by atoms with van der Waals surface area (Å²) in [6, 6.07) is 21.4. The molecule has 0 aliphatic rings. The molecule has 0 saturated heterocycles. The predicted octanol–water partition coefficient (Wildman–Crippen LogP) is 5.10. The van der Waals surface area contributed by atoms with Crippen molar-refractivity contribution in [2.45, 2.75) is 0 Å². The van der Waals surface area contributed by atoms with Crippen LogP contribution in [0, 0.1) is 5.82 Å². The normalized spacial score (nSPS) is 10.8. The van der Waals surface area contributed by atoms with Gasteiger partial charge in [0.1, 0.15) is 11.4 Å². The molecule has 0 atom stereocenters. The minimum Gasteiger partial charge on any atom is -0.450 e. The second kappa shape index (κ2) is 7.48. The summed E-state index contributed by atoms with van der Waals surface area (Å²) in [6.45, 7) is 0.0111. The molecule has 3 aromatic carbocycles. The molecule has 1 aromatic heterocycles. The van der Waals surface area contributed by atoms with Gasteiger partial charge in [0, 0.05) is 16.5 Å². The molecule has 1 N–H and O–H groups in total. The van der Waals surface area contributed by atoms with Gasteiger partial charge in [0.15, 0.2) is 11.5 Å². The first-order chi connectivity index (χ1) is 13.6. The molecule has 138 valence electrons. The Morgan fingerprint density at radius 3 is 2.25 bits per heavy atom. The van der Waals surface area contributed by atoms with Crippen molar-refractivity contribution in [1.82, 2.24) is 0 Å². The Kier molecular flexibility index (Phi) is 4.72. The second-order valence-corrected chi connectivity index (χ2v) is 6.28. The quantitative estimate of drug-likeness (QED) is 0.478. The molecule has 0 fully saturated rings. The lowest BCUT2D eigenvalue weighted by atomic mass is 10.1. The highest BCUT2D eigenvalue weighted by atomic mass is 19.1. The van der Waals surface area contributed by atoms with Crippen LogP contribution in [0.3, 0.4) is 0 Å². The molecule has 28 heavy (non-hydrogen) atoms. The van der Waals surface area contributed by atoms with E-state index in [-0.39, 0.29) is 23.9 Å². The maximum absolute atomic E-state index is 13.2. The van der Waals surface area contributed by atoms with E-state index in [1.807, 2.05) is 18.2 Å². The van der Waals surface area contributed by atoms with Crippen LogP contribution in [0.15, 0.2) is 83.3 Å². The summed E-state index contributed by atoms with van der Waals surface area (Å²) in [5.41, 5.74) is 1.86. The van der Waals surface area contributed by atoms with Gasteiger partial charge in [-0.05, 0) is 36.4 Å². The number of carbonyl (C=O) groups excluding carboxylic acids is 2. The number of rotatable bonds is 6. The number of anilines is 1. The molecular weight excluding hydrogens is 357 g/mol. The molecule has 4 rings (SSSR count). The lowest BCUT2D eigenvalue weighted by molar-refractivity contribution is 0.0997. The molecule has 0 spiro atoms. The van der Waals surface area contributed by atoms with Crippen molar-refractivity contribution in [3.63, 3.8) is 0 Å². The van der Waals surface area contributed by atoms with Gasteiger partial charge in [-0.3, -0.25) is 9.59 Å². The first kappa shape index (κ1) is 17.7. The molecule has 0 saturated carbocycles. The van der Waals surface area contributed by atoms with E-state index in [2.05, 4.69) is 5.32 Å². The lowest BCUT2D eigenvalue weighted by Gasteiger charge is -2.07. The minimum absolute atomic E-state index is 0.0111. The van der Waals surface area contributed by atoms with Gasteiger partial charge < -0.3 is 9.73 Å². The molecule has 0 bridgehead atoms. The molecule has 0 radical (unpaired) electrons. The average Bonchev–Trinajstić information content (AvgIpc) is 3.11. The number of Topliss-reactive ketones (excluding diaryl/α,β-unsaturated/α-hetero) is 1. The van der Waals surface area contributed by atoms with Crippen LogP contribution in [0.1, 0.15) is 26.5 Å². The van der Waals surface area contributed by atoms with E-state index >= 15 is 0 Å². The first-order valence-corrected chi connectivity index (χ1v) is 8.77. The Morgan fingerprint density at radius 1 is 0.821 bits per heavy atom. The zero-order valence-electron chi connectivity index (χ0n) is 14.8. The second-order valence-electron chi connectivity index (χ2n) is 6.28. The fourth-order valence-corrected chi connectivity index (χ4v) is 3.01. The van der Waals surface area contributed by atoms with Crippen LogP contribution in [0.4, 0.5) is 10.1 Å². The summed E-state index contributed by atoms with van der Waals surface area (Å²) >= 11 is 0. The van der Waals surface area contributed by atoms with Crippen LogP contribution in [0.5, 0.6) is 0 Å². The third-order valence-electron chi connectivity index (χ3n) is 4.43. The van der Waals surface area contributed by atoms with Crippen molar-refractivity contribution in [3.05, 3.63) is 102 Å². The van der Waals surface area contributed by atoms with Gasteiger partial charge in [0.2, 0.25) is 5.78 Å². The summed E-state index contributed by atoms with van der Waals surface area (Å²) in [6.07, 6.45) is 0. The third-order valence-corrected chi connectivity index (χ3v) is 4.43. The van der Waals surface area contributed by atoms with Crippen molar-refractivity contribution in [2.24, 2.45) is 0 Å². The van der Waals surface area contributed by atoms with E-state index in [0.717, 1.165) is 0 Å². The Morgan fingerprint density at radius 2 is 1.50 bits per heavy atom. The number of carbonyl (C=O) groups is 2. The summed E-state index contributed by atoms with van der Waals surface area (Å²) in [5.74, 6) is -0.821. The van der Waals surface area contributed by atoms with Crippen LogP contribution in [0.25, 0.3) is 11.0 Å². The Labute approximate surface area is 160 Å².